The SMILES string of the molecule is Cc1n[nH]c(C)c1NCc1ccc(F)c(C#N)c1. The molecule has 1 aromatic heterocycles. The fraction of sp³-hybridized carbons (Fsp3) is 0.231. The molecule has 0 aliphatic carbocycles. The van der Waals surface area contributed by atoms with E-state index < -0.39 is 5.82 Å². The number of benzene rings is 1. The Hall–Kier alpha value is -2.35. The number of anilines is 1. The molecule has 2 aromatic rings. The molecule has 1 aromatic carbocycles. The first kappa shape index (κ1) is 12.1. The van der Waals surface area contributed by atoms with Crippen molar-refractivity contribution in [3.8, 4) is 6.07 Å². The fourth-order valence-corrected chi connectivity index (χ4v) is 1.77. The van der Waals surface area contributed by atoms with Crippen molar-refractivity contribution in [2.24, 2.45) is 0 Å². The van der Waals surface area contributed by atoms with E-state index in [1.165, 1.54) is 6.07 Å². The lowest BCUT2D eigenvalue weighted by atomic mass is 10.1. The molecule has 1 heterocycles. The minimum atomic E-state index is -0.489. The molecule has 0 radical (unpaired) electrons. The lowest BCUT2D eigenvalue weighted by Crippen LogP contribution is -2.02. The Labute approximate surface area is 104 Å². The Kier molecular flexibility index (Phi) is 3.28. The van der Waals surface area contributed by atoms with Gasteiger partial charge in [0.05, 0.1) is 22.6 Å². The summed E-state index contributed by atoms with van der Waals surface area (Å²) < 4.78 is 13.2. The van der Waals surface area contributed by atoms with Crippen LogP contribution >= 0.6 is 0 Å². The van der Waals surface area contributed by atoms with Gasteiger partial charge in [-0.15, -0.1) is 0 Å². The first-order valence-electron chi connectivity index (χ1n) is 5.55. The number of aromatic nitrogens is 2. The molecule has 0 saturated heterocycles. The maximum atomic E-state index is 13.2. The predicted molar refractivity (Wildman–Crippen MR) is 66.5 cm³/mol. The minimum absolute atomic E-state index is 0.0648. The molecule has 0 atom stereocenters. The van der Waals surface area contributed by atoms with Gasteiger partial charge in [0.25, 0.3) is 0 Å². The lowest BCUT2D eigenvalue weighted by Gasteiger charge is -2.07. The van der Waals surface area contributed by atoms with Gasteiger partial charge in [-0.3, -0.25) is 5.10 Å². The van der Waals surface area contributed by atoms with E-state index in [9.17, 15) is 4.39 Å². The van der Waals surface area contributed by atoms with Crippen LogP contribution in [0.3, 0.4) is 0 Å². The number of nitrogens with one attached hydrogen (secondary N) is 2. The second kappa shape index (κ2) is 4.88. The zero-order valence-electron chi connectivity index (χ0n) is 10.2. The number of H-pyrrole nitrogens is 1. The summed E-state index contributed by atoms with van der Waals surface area (Å²) in [5, 5.41) is 18.9. The number of aromatic amines is 1. The lowest BCUT2D eigenvalue weighted by molar-refractivity contribution is 0.623. The van der Waals surface area contributed by atoms with E-state index >= 15 is 0 Å². The van der Waals surface area contributed by atoms with Crippen molar-refractivity contribution in [1.29, 1.82) is 5.26 Å². The van der Waals surface area contributed by atoms with Crippen LogP contribution in [0.5, 0.6) is 0 Å². The van der Waals surface area contributed by atoms with Crippen LogP contribution in [0.15, 0.2) is 18.2 Å². The van der Waals surface area contributed by atoms with Gasteiger partial charge in [-0.05, 0) is 31.5 Å². The maximum Gasteiger partial charge on any atom is 0.140 e. The van der Waals surface area contributed by atoms with Crippen molar-refractivity contribution in [2.75, 3.05) is 5.32 Å². The van der Waals surface area contributed by atoms with Crippen molar-refractivity contribution in [3.63, 3.8) is 0 Å². The number of halogens is 1. The standard InChI is InChI=1S/C13H13FN4/c1-8-13(9(2)18-17-8)16-7-10-3-4-12(14)11(5-10)6-15/h3-5,16H,7H2,1-2H3,(H,17,18). The summed E-state index contributed by atoms with van der Waals surface area (Å²) >= 11 is 0. The summed E-state index contributed by atoms with van der Waals surface area (Å²) in [5.41, 5.74) is 3.70. The number of hydrogen-bond donors (Lipinski definition) is 2. The van der Waals surface area contributed by atoms with Crippen LogP contribution in [0.4, 0.5) is 10.1 Å². The second-order valence-corrected chi connectivity index (χ2v) is 4.09. The van der Waals surface area contributed by atoms with Crippen molar-refractivity contribution < 1.29 is 4.39 Å². The van der Waals surface area contributed by atoms with E-state index in [1.54, 1.807) is 12.1 Å². The number of rotatable bonds is 3. The normalized spacial score (nSPS) is 10.1. The highest BCUT2D eigenvalue weighted by atomic mass is 19.1. The monoisotopic (exact) mass is 244 g/mol. The van der Waals surface area contributed by atoms with Crippen molar-refractivity contribution >= 4 is 5.69 Å². The van der Waals surface area contributed by atoms with E-state index in [2.05, 4.69) is 15.5 Å². The van der Waals surface area contributed by atoms with Crippen LogP contribution < -0.4 is 5.32 Å². The van der Waals surface area contributed by atoms with Crippen molar-refractivity contribution in [3.05, 3.63) is 46.5 Å². The Morgan fingerprint density at radius 1 is 1.44 bits per heavy atom. The highest BCUT2D eigenvalue weighted by Gasteiger charge is 2.07. The Morgan fingerprint density at radius 3 is 2.83 bits per heavy atom. The summed E-state index contributed by atoms with van der Waals surface area (Å²) in [4.78, 5) is 0. The minimum Gasteiger partial charge on any atom is -0.378 e. The van der Waals surface area contributed by atoms with Crippen LogP contribution in [0.1, 0.15) is 22.5 Å². The fourth-order valence-electron chi connectivity index (χ4n) is 1.77. The van der Waals surface area contributed by atoms with Crippen LogP contribution in [0.25, 0.3) is 0 Å². The first-order chi connectivity index (χ1) is 8.61. The molecule has 5 heteroatoms. The van der Waals surface area contributed by atoms with Crippen molar-refractivity contribution in [2.45, 2.75) is 20.4 Å². The van der Waals surface area contributed by atoms with Crippen LogP contribution in [0.2, 0.25) is 0 Å². The van der Waals surface area contributed by atoms with Gasteiger partial charge < -0.3 is 5.32 Å². The Morgan fingerprint density at radius 2 is 2.22 bits per heavy atom. The van der Waals surface area contributed by atoms with E-state index in [0.717, 1.165) is 22.6 Å². The molecule has 0 unspecified atom stereocenters. The maximum absolute atomic E-state index is 13.2. The molecular formula is C13H13FN4. The largest absolute Gasteiger partial charge is 0.378 e. The topological polar surface area (TPSA) is 64.5 Å². The molecule has 0 aliphatic heterocycles. The third-order valence-electron chi connectivity index (χ3n) is 2.75. The summed E-state index contributed by atoms with van der Waals surface area (Å²) in [6.07, 6.45) is 0. The van der Waals surface area contributed by atoms with Gasteiger partial charge in [0, 0.05) is 6.54 Å². The van der Waals surface area contributed by atoms with E-state index in [0.29, 0.717) is 6.54 Å². The molecule has 0 amide bonds. The predicted octanol–water partition coefficient (Wildman–Crippen LogP) is 2.65. The van der Waals surface area contributed by atoms with E-state index in [4.69, 9.17) is 5.26 Å². The van der Waals surface area contributed by atoms with Gasteiger partial charge in [0.15, 0.2) is 0 Å². The van der Waals surface area contributed by atoms with Gasteiger partial charge >= 0.3 is 0 Å². The van der Waals surface area contributed by atoms with Gasteiger partial charge in [-0.25, -0.2) is 4.39 Å². The molecule has 92 valence electrons. The second-order valence-electron chi connectivity index (χ2n) is 4.09. The summed E-state index contributed by atoms with van der Waals surface area (Å²) in [6.45, 7) is 4.35. The molecule has 18 heavy (non-hydrogen) atoms. The van der Waals surface area contributed by atoms with E-state index in [1.807, 2.05) is 19.9 Å². The third kappa shape index (κ3) is 2.33. The van der Waals surface area contributed by atoms with Gasteiger partial charge in [-0.1, -0.05) is 6.07 Å². The molecule has 0 spiro atoms. The molecule has 0 bridgehead atoms. The average molecular weight is 244 g/mol. The summed E-state index contributed by atoms with van der Waals surface area (Å²) in [5.74, 6) is -0.489. The highest BCUT2D eigenvalue weighted by molar-refractivity contribution is 5.51. The average Bonchev–Trinajstić information content (AvgIpc) is 2.68. The quantitative estimate of drug-likeness (QED) is 0.872. The van der Waals surface area contributed by atoms with Crippen LogP contribution in [0, 0.1) is 31.0 Å². The first-order valence-corrected chi connectivity index (χ1v) is 5.55. The molecule has 0 saturated carbocycles. The molecule has 0 fully saturated rings. The number of nitrogens with zero attached hydrogens (tertiary/aromatic N) is 2. The van der Waals surface area contributed by atoms with E-state index in [-0.39, 0.29) is 5.56 Å². The Balaban J connectivity index is 2.14. The van der Waals surface area contributed by atoms with Crippen LogP contribution in [-0.2, 0) is 6.54 Å². The third-order valence-corrected chi connectivity index (χ3v) is 2.75. The number of aryl methyl sites for hydroxylation is 2. The molecular weight excluding hydrogens is 231 g/mol. The Bertz CT molecular complexity index is 590. The summed E-state index contributed by atoms with van der Waals surface area (Å²) in [7, 11) is 0. The highest BCUT2D eigenvalue weighted by Crippen LogP contribution is 2.18. The molecule has 2 rings (SSSR count). The van der Waals surface area contributed by atoms with Crippen LogP contribution in [-0.4, -0.2) is 10.2 Å². The molecule has 0 aliphatic rings. The van der Waals surface area contributed by atoms with Gasteiger partial charge in [-0.2, -0.15) is 10.4 Å². The zero-order valence-corrected chi connectivity index (χ0v) is 10.2. The zero-order chi connectivity index (χ0) is 13.1. The smallest absolute Gasteiger partial charge is 0.140 e. The molecule has 2 N–H and O–H groups in total. The van der Waals surface area contributed by atoms with Gasteiger partial charge in [0.2, 0.25) is 0 Å². The molecule has 4 nitrogen and oxygen atoms in total. The number of nitriles is 1. The van der Waals surface area contributed by atoms with Gasteiger partial charge in [0.1, 0.15) is 11.9 Å². The summed E-state index contributed by atoms with van der Waals surface area (Å²) in [6, 6.07) is 6.35. The van der Waals surface area contributed by atoms with Crippen molar-refractivity contribution in [1.82, 2.24) is 10.2 Å². The number of hydrogen-bond acceptors (Lipinski definition) is 3.